The van der Waals surface area contributed by atoms with Crippen molar-refractivity contribution >= 4 is 15.9 Å². The fourth-order valence-electron chi connectivity index (χ4n) is 4.28. The maximum absolute atomic E-state index is 13.0. The first-order chi connectivity index (χ1) is 14.1. The zero-order valence-corrected chi connectivity index (χ0v) is 17.4. The molecule has 2 fully saturated rings. The molecule has 0 spiro atoms. The van der Waals surface area contributed by atoms with Gasteiger partial charge in [0.15, 0.2) is 0 Å². The van der Waals surface area contributed by atoms with Crippen LogP contribution in [0.4, 0.5) is 0 Å². The number of hydrogen-bond acceptors (Lipinski definition) is 4. The third-order valence-corrected chi connectivity index (χ3v) is 7.92. The molecule has 0 unspecified atom stereocenters. The molecular formula is C22H27N3O3S. The van der Waals surface area contributed by atoms with Gasteiger partial charge < -0.3 is 4.90 Å². The summed E-state index contributed by atoms with van der Waals surface area (Å²) < 4.78 is 27.5. The van der Waals surface area contributed by atoms with Crippen molar-refractivity contribution in [2.24, 2.45) is 0 Å². The third-order valence-electron chi connectivity index (χ3n) is 6.00. The van der Waals surface area contributed by atoms with Crippen molar-refractivity contribution in [3.63, 3.8) is 0 Å². The van der Waals surface area contributed by atoms with Crippen LogP contribution in [0.3, 0.4) is 0 Å². The molecule has 1 aliphatic carbocycles. The second-order valence-electron chi connectivity index (χ2n) is 7.82. The van der Waals surface area contributed by atoms with E-state index in [0.29, 0.717) is 42.7 Å². The van der Waals surface area contributed by atoms with Gasteiger partial charge in [0.2, 0.25) is 10.0 Å². The number of nitrogens with zero attached hydrogens (tertiary/aromatic N) is 3. The molecule has 154 valence electrons. The average Bonchev–Trinajstić information content (AvgIpc) is 2.80. The van der Waals surface area contributed by atoms with Crippen molar-refractivity contribution in [2.75, 3.05) is 26.2 Å². The number of carbonyl (C=O) groups excluding carboxylic acids is 1. The summed E-state index contributed by atoms with van der Waals surface area (Å²) in [6.07, 6.45) is 7.79. The smallest absolute Gasteiger partial charge is 0.272 e. The van der Waals surface area contributed by atoms with Crippen LogP contribution in [0.1, 0.15) is 54.1 Å². The molecular weight excluding hydrogens is 386 g/mol. The highest BCUT2D eigenvalue weighted by molar-refractivity contribution is 7.89. The predicted molar refractivity (Wildman–Crippen MR) is 111 cm³/mol. The molecule has 1 aliphatic heterocycles. The molecule has 0 radical (unpaired) electrons. The molecule has 0 N–H and O–H groups in total. The van der Waals surface area contributed by atoms with Crippen molar-refractivity contribution in [3.05, 3.63) is 59.9 Å². The van der Waals surface area contributed by atoms with E-state index in [4.69, 9.17) is 0 Å². The maximum Gasteiger partial charge on any atom is 0.272 e. The van der Waals surface area contributed by atoms with Gasteiger partial charge in [0.05, 0.1) is 4.90 Å². The minimum atomic E-state index is -3.54. The van der Waals surface area contributed by atoms with Gasteiger partial charge in [0, 0.05) is 32.4 Å². The van der Waals surface area contributed by atoms with Crippen molar-refractivity contribution < 1.29 is 13.2 Å². The van der Waals surface area contributed by atoms with Crippen LogP contribution in [-0.2, 0) is 10.0 Å². The van der Waals surface area contributed by atoms with E-state index in [2.05, 4.69) is 4.98 Å². The molecule has 2 heterocycles. The number of piperazine rings is 1. The molecule has 2 aromatic rings. The summed E-state index contributed by atoms with van der Waals surface area (Å²) in [5.74, 6) is 0.404. The summed E-state index contributed by atoms with van der Waals surface area (Å²) >= 11 is 0. The third kappa shape index (κ3) is 4.36. The maximum atomic E-state index is 13.0. The number of hydrogen-bond donors (Lipinski definition) is 0. The molecule has 0 atom stereocenters. The molecule has 4 rings (SSSR count). The van der Waals surface area contributed by atoms with Gasteiger partial charge in [-0.15, -0.1) is 0 Å². The summed E-state index contributed by atoms with van der Waals surface area (Å²) in [5, 5.41) is 0. The Morgan fingerprint density at radius 3 is 2.21 bits per heavy atom. The van der Waals surface area contributed by atoms with Crippen LogP contribution in [0.5, 0.6) is 0 Å². The van der Waals surface area contributed by atoms with Crippen molar-refractivity contribution in [1.29, 1.82) is 0 Å². The monoisotopic (exact) mass is 413 g/mol. The second-order valence-corrected chi connectivity index (χ2v) is 9.75. The molecule has 1 amide bonds. The van der Waals surface area contributed by atoms with Gasteiger partial charge in [-0.25, -0.2) is 8.42 Å². The Morgan fingerprint density at radius 2 is 1.59 bits per heavy atom. The van der Waals surface area contributed by atoms with Crippen LogP contribution in [0.25, 0.3) is 0 Å². The first-order valence-electron chi connectivity index (χ1n) is 10.4. The van der Waals surface area contributed by atoms with E-state index in [0.717, 1.165) is 0 Å². The number of pyridine rings is 1. The number of amides is 1. The zero-order valence-electron chi connectivity index (χ0n) is 16.5. The van der Waals surface area contributed by atoms with Crippen LogP contribution < -0.4 is 0 Å². The van der Waals surface area contributed by atoms with Gasteiger partial charge >= 0.3 is 0 Å². The number of benzene rings is 1. The van der Waals surface area contributed by atoms with Gasteiger partial charge in [0.1, 0.15) is 5.69 Å². The Hall–Kier alpha value is -2.25. The number of sulfonamides is 1. The van der Waals surface area contributed by atoms with E-state index in [-0.39, 0.29) is 5.91 Å². The van der Waals surface area contributed by atoms with E-state index < -0.39 is 10.0 Å². The van der Waals surface area contributed by atoms with Gasteiger partial charge in [-0.1, -0.05) is 37.5 Å². The lowest BCUT2D eigenvalue weighted by Crippen LogP contribution is -2.50. The summed E-state index contributed by atoms with van der Waals surface area (Å²) in [7, 11) is -3.54. The summed E-state index contributed by atoms with van der Waals surface area (Å²) in [6.45, 7) is 1.33. The lowest BCUT2D eigenvalue weighted by Gasteiger charge is -2.33. The Balaban J connectivity index is 1.40. The highest BCUT2D eigenvalue weighted by Crippen LogP contribution is 2.33. The summed E-state index contributed by atoms with van der Waals surface area (Å²) in [4.78, 5) is 18.6. The van der Waals surface area contributed by atoms with E-state index in [1.807, 2.05) is 12.1 Å². The van der Waals surface area contributed by atoms with Gasteiger partial charge in [-0.3, -0.25) is 9.78 Å². The number of rotatable bonds is 4. The predicted octanol–water partition coefficient (Wildman–Crippen LogP) is 3.28. The molecule has 1 aromatic carbocycles. The van der Waals surface area contributed by atoms with Crippen LogP contribution in [0.15, 0.2) is 53.6 Å². The van der Waals surface area contributed by atoms with Crippen LogP contribution in [0.2, 0.25) is 0 Å². The normalized spacial score (nSPS) is 19.2. The molecule has 1 aromatic heterocycles. The van der Waals surface area contributed by atoms with Crippen LogP contribution >= 0.6 is 0 Å². The average molecular weight is 414 g/mol. The fourth-order valence-corrected chi connectivity index (χ4v) is 5.70. The highest BCUT2D eigenvalue weighted by Gasteiger charge is 2.31. The molecule has 0 bridgehead atoms. The molecule has 6 nitrogen and oxygen atoms in total. The van der Waals surface area contributed by atoms with Crippen molar-refractivity contribution in [2.45, 2.75) is 42.9 Å². The van der Waals surface area contributed by atoms with E-state index in [1.165, 1.54) is 42.0 Å². The van der Waals surface area contributed by atoms with Crippen molar-refractivity contribution in [3.8, 4) is 0 Å². The topological polar surface area (TPSA) is 70.6 Å². The number of carbonyl (C=O) groups is 1. The molecule has 29 heavy (non-hydrogen) atoms. The second kappa shape index (κ2) is 8.63. The fraction of sp³-hybridized carbons (Fsp3) is 0.455. The molecule has 2 aliphatic rings. The SMILES string of the molecule is O=C(c1ccccn1)N1CCN(S(=O)(=O)c2ccc(C3CCCCC3)cc2)CC1. The first-order valence-corrected chi connectivity index (χ1v) is 11.8. The van der Waals surface area contributed by atoms with Crippen molar-refractivity contribution in [1.82, 2.24) is 14.2 Å². The van der Waals surface area contributed by atoms with Crippen LogP contribution in [0, 0.1) is 0 Å². The Labute approximate surface area is 172 Å². The molecule has 1 saturated carbocycles. The zero-order chi connectivity index (χ0) is 20.3. The Kier molecular flexibility index (Phi) is 5.96. The Bertz CT molecular complexity index is 931. The first kappa shape index (κ1) is 20.0. The quantitative estimate of drug-likeness (QED) is 0.771. The largest absolute Gasteiger partial charge is 0.335 e. The minimum Gasteiger partial charge on any atom is -0.335 e. The van der Waals surface area contributed by atoms with Gasteiger partial charge in [-0.2, -0.15) is 4.31 Å². The lowest BCUT2D eigenvalue weighted by atomic mass is 9.84. The highest BCUT2D eigenvalue weighted by atomic mass is 32.2. The van der Waals surface area contributed by atoms with Crippen LogP contribution in [-0.4, -0.2) is 54.7 Å². The van der Waals surface area contributed by atoms with E-state index in [1.54, 1.807) is 41.4 Å². The summed E-state index contributed by atoms with van der Waals surface area (Å²) in [5.41, 5.74) is 1.64. The molecule has 1 saturated heterocycles. The summed E-state index contributed by atoms with van der Waals surface area (Å²) in [6, 6.07) is 12.7. The van der Waals surface area contributed by atoms with Gasteiger partial charge in [-0.05, 0) is 48.6 Å². The standard InChI is InChI=1S/C22H27N3O3S/c26-22(21-8-4-5-13-23-21)24-14-16-25(17-15-24)29(27,28)20-11-9-19(10-12-20)18-6-2-1-3-7-18/h4-5,8-13,18H,1-3,6-7,14-17H2. The number of aromatic nitrogens is 1. The van der Waals surface area contributed by atoms with E-state index in [9.17, 15) is 13.2 Å². The molecule has 7 heteroatoms. The minimum absolute atomic E-state index is 0.153. The lowest BCUT2D eigenvalue weighted by molar-refractivity contribution is 0.0692. The Morgan fingerprint density at radius 1 is 0.897 bits per heavy atom. The van der Waals surface area contributed by atoms with E-state index >= 15 is 0 Å². The van der Waals surface area contributed by atoms with Gasteiger partial charge in [0.25, 0.3) is 5.91 Å².